The molecule has 0 heterocycles. The average Bonchev–Trinajstić information content (AvgIpc) is 2.53. The number of benzene rings is 2. The number of amides is 1. The molecule has 0 saturated carbocycles. The number of hydrogen-bond acceptors (Lipinski definition) is 4. The predicted molar refractivity (Wildman–Crippen MR) is 91.8 cm³/mol. The Morgan fingerprint density at radius 1 is 1.09 bits per heavy atom. The first kappa shape index (κ1) is 17.1. The molecule has 2 aromatic carbocycles. The van der Waals surface area contributed by atoms with Crippen LogP contribution in [0.4, 0.5) is 0 Å². The highest BCUT2D eigenvalue weighted by molar-refractivity contribution is 8.00. The van der Waals surface area contributed by atoms with Crippen LogP contribution in [0.5, 0.6) is 5.75 Å². The minimum absolute atomic E-state index is 0.118. The first-order valence-electron chi connectivity index (χ1n) is 7.29. The van der Waals surface area contributed by atoms with E-state index in [-0.39, 0.29) is 5.75 Å². The molecule has 0 aliphatic rings. The maximum absolute atomic E-state index is 12.3. The van der Waals surface area contributed by atoms with Crippen LogP contribution in [0.2, 0.25) is 0 Å². The van der Waals surface area contributed by atoms with Crippen LogP contribution in [0.3, 0.4) is 0 Å². The molecule has 5 heteroatoms. The molecule has 0 aliphatic heterocycles. The Labute approximate surface area is 140 Å². The standard InChI is InChI=1S/C18H19NO3S/c1-12(2)13-7-9-14(10-8-13)22-18(21)15-5-3-4-6-16(15)23-11-17(19)20/h3-10,12H,11H2,1-2H3,(H2,19,20). The van der Waals surface area contributed by atoms with Crippen molar-refractivity contribution < 1.29 is 14.3 Å². The molecule has 2 N–H and O–H groups in total. The zero-order valence-corrected chi connectivity index (χ0v) is 13.9. The molecule has 0 aliphatic carbocycles. The molecule has 120 valence electrons. The highest BCUT2D eigenvalue weighted by atomic mass is 32.2. The molecule has 1 amide bonds. The van der Waals surface area contributed by atoms with Gasteiger partial charge >= 0.3 is 5.97 Å². The van der Waals surface area contributed by atoms with Gasteiger partial charge in [-0.2, -0.15) is 0 Å². The molecule has 0 atom stereocenters. The number of primary amides is 1. The summed E-state index contributed by atoms with van der Waals surface area (Å²) in [5.74, 6) is 0.157. The molecule has 2 aromatic rings. The monoisotopic (exact) mass is 329 g/mol. The minimum Gasteiger partial charge on any atom is -0.423 e. The van der Waals surface area contributed by atoms with Gasteiger partial charge < -0.3 is 10.5 Å². The van der Waals surface area contributed by atoms with Crippen molar-refractivity contribution >= 4 is 23.6 Å². The Kier molecular flexibility index (Phi) is 5.82. The lowest BCUT2D eigenvalue weighted by Gasteiger charge is -2.10. The zero-order chi connectivity index (χ0) is 16.8. The molecule has 0 bridgehead atoms. The van der Waals surface area contributed by atoms with Gasteiger partial charge in [0.2, 0.25) is 5.91 Å². The molecule has 0 spiro atoms. The number of nitrogens with two attached hydrogens (primary N) is 1. The molecule has 0 fully saturated rings. The van der Waals surface area contributed by atoms with E-state index in [1.165, 1.54) is 17.3 Å². The summed E-state index contributed by atoms with van der Waals surface area (Å²) in [5.41, 5.74) is 6.76. The van der Waals surface area contributed by atoms with Crippen molar-refractivity contribution in [1.82, 2.24) is 0 Å². The fourth-order valence-corrected chi connectivity index (χ4v) is 2.77. The van der Waals surface area contributed by atoms with Gasteiger partial charge in [-0.05, 0) is 35.7 Å². The summed E-state index contributed by atoms with van der Waals surface area (Å²) in [6, 6.07) is 14.5. The Hall–Kier alpha value is -2.27. The molecule has 0 aromatic heterocycles. The molecule has 4 nitrogen and oxygen atoms in total. The number of hydrogen-bond donors (Lipinski definition) is 1. The lowest BCUT2D eigenvalue weighted by atomic mass is 10.0. The number of carbonyl (C=O) groups excluding carboxylic acids is 2. The van der Waals surface area contributed by atoms with Gasteiger partial charge in [-0.25, -0.2) is 4.79 Å². The number of esters is 1. The third-order valence-corrected chi connectivity index (χ3v) is 4.33. The largest absolute Gasteiger partial charge is 0.423 e. The fourth-order valence-electron chi connectivity index (χ4n) is 1.99. The number of carbonyl (C=O) groups is 2. The van der Waals surface area contributed by atoms with Gasteiger partial charge in [0.05, 0.1) is 11.3 Å². The lowest BCUT2D eigenvalue weighted by Crippen LogP contribution is -2.14. The second-order valence-corrected chi connectivity index (χ2v) is 6.38. The van der Waals surface area contributed by atoms with E-state index >= 15 is 0 Å². The second kappa shape index (κ2) is 7.83. The first-order chi connectivity index (χ1) is 11.0. The maximum atomic E-state index is 12.3. The van der Waals surface area contributed by atoms with Crippen LogP contribution in [-0.4, -0.2) is 17.6 Å². The van der Waals surface area contributed by atoms with Crippen molar-refractivity contribution in [1.29, 1.82) is 0 Å². The first-order valence-corrected chi connectivity index (χ1v) is 8.28. The summed E-state index contributed by atoms with van der Waals surface area (Å²) in [6.45, 7) is 4.21. The number of ether oxygens (including phenoxy) is 1. The Morgan fingerprint density at radius 3 is 2.35 bits per heavy atom. The van der Waals surface area contributed by atoms with Crippen molar-refractivity contribution in [2.75, 3.05) is 5.75 Å². The SMILES string of the molecule is CC(C)c1ccc(OC(=O)c2ccccc2SCC(N)=O)cc1. The van der Waals surface area contributed by atoms with Gasteiger partial charge in [0, 0.05) is 4.90 Å². The minimum atomic E-state index is -0.449. The van der Waals surface area contributed by atoms with Crippen LogP contribution < -0.4 is 10.5 Å². The normalized spacial score (nSPS) is 10.6. The van der Waals surface area contributed by atoms with E-state index in [0.717, 1.165) is 0 Å². The molecule has 2 rings (SSSR count). The van der Waals surface area contributed by atoms with Crippen molar-refractivity contribution in [2.24, 2.45) is 5.73 Å². The van der Waals surface area contributed by atoms with Crippen molar-refractivity contribution in [3.8, 4) is 5.75 Å². The van der Waals surface area contributed by atoms with Crippen molar-refractivity contribution in [2.45, 2.75) is 24.7 Å². The van der Waals surface area contributed by atoms with Crippen LogP contribution >= 0.6 is 11.8 Å². The van der Waals surface area contributed by atoms with Gasteiger partial charge in [-0.15, -0.1) is 11.8 Å². The van der Waals surface area contributed by atoms with Gasteiger partial charge in [-0.1, -0.05) is 38.1 Å². The van der Waals surface area contributed by atoms with Gasteiger partial charge in [-0.3, -0.25) is 4.79 Å². The summed E-state index contributed by atoms with van der Waals surface area (Å²) in [5, 5.41) is 0. The number of rotatable bonds is 6. The lowest BCUT2D eigenvalue weighted by molar-refractivity contribution is -0.115. The van der Waals surface area contributed by atoms with Crippen molar-refractivity contribution in [3.63, 3.8) is 0 Å². The highest BCUT2D eigenvalue weighted by Crippen LogP contribution is 2.24. The molecule has 0 unspecified atom stereocenters. The molecule has 23 heavy (non-hydrogen) atoms. The highest BCUT2D eigenvalue weighted by Gasteiger charge is 2.14. The summed E-state index contributed by atoms with van der Waals surface area (Å²) in [7, 11) is 0. The van der Waals surface area contributed by atoms with Crippen LogP contribution in [0, 0.1) is 0 Å². The van der Waals surface area contributed by atoms with Gasteiger partial charge in [0.1, 0.15) is 5.75 Å². The van der Waals surface area contributed by atoms with E-state index in [0.29, 0.717) is 22.1 Å². The quantitative estimate of drug-likeness (QED) is 0.499. The topological polar surface area (TPSA) is 69.4 Å². The zero-order valence-electron chi connectivity index (χ0n) is 13.1. The number of thioether (sulfide) groups is 1. The third kappa shape index (κ3) is 4.86. The smallest absolute Gasteiger partial charge is 0.344 e. The van der Waals surface area contributed by atoms with Crippen LogP contribution in [0.25, 0.3) is 0 Å². The van der Waals surface area contributed by atoms with Gasteiger partial charge in [0.25, 0.3) is 0 Å². The Morgan fingerprint density at radius 2 is 1.74 bits per heavy atom. The molecular weight excluding hydrogens is 310 g/mol. The van der Waals surface area contributed by atoms with Gasteiger partial charge in [0.15, 0.2) is 0 Å². The van der Waals surface area contributed by atoms with E-state index in [2.05, 4.69) is 13.8 Å². The van der Waals surface area contributed by atoms with Crippen LogP contribution in [-0.2, 0) is 4.79 Å². The van der Waals surface area contributed by atoms with E-state index in [4.69, 9.17) is 10.5 Å². The molecule has 0 radical (unpaired) electrons. The van der Waals surface area contributed by atoms with E-state index in [1.54, 1.807) is 36.4 Å². The fraction of sp³-hybridized carbons (Fsp3) is 0.222. The molecular formula is C18H19NO3S. The maximum Gasteiger partial charge on any atom is 0.344 e. The second-order valence-electron chi connectivity index (χ2n) is 5.36. The Balaban J connectivity index is 2.12. The summed E-state index contributed by atoms with van der Waals surface area (Å²) in [6.07, 6.45) is 0. The van der Waals surface area contributed by atoms with E-state index < -0.39 is 11.9 Å². The van der Waals surface area contributed by atoms with Crippen LogP contribution in [0.1, 0.15) is 35.7 Å². The van der Waals surface area contributed by atoms with Crippen LogP contribution in [0.15, 0.2) is 53.4 Å². The summed E-state index contributed by atoms with van der Waals surface area (Å²) < 4.78 is 5.41. The van der Waals surface area contributed by atoms with E-state index in [1.807, 2.05) is 12.1 Å². The summed E-state index contributed by atoms with van der Waals surface area (Å²) >= 11 is 1.23. The van der Waals surface area contributed by atoms with Crippen molar-refractivity contribution in [3.05, 3.63) is 59.7 Å². The summed E-state index contributed by atoms with van der Waals surface area (Å²) in [4.78, 5) is 23.9. The average molecular weight is 329 g/mol. The Bertz CT molecular complexity index is 696. The molecule has 0 saturated heterocycles. The van der Waals surface area contributed by atoms with E-state index in [9.17, 15) is 9.59 Å². The third-order valence-electron chi connectivity index (χ3n) is 3.23. The predicted octanol–water partition coefficient (Wildman–Crippen LogP) is 3.61.